The van der Waals surface area contributed by atoms with E-state index < -0.39 is 0 Å². The summed E-state index contributed by atoms with van der Waals surface area (Å²) in [6.07, 6.45) is 11.7. The van der Waals surface area contributed by atoms with Crippen LogP contribution in [0.5, 0.6) is 0 Å². The lowest BCUT2D eigenvalue weighted by Gasteiger charge is -2.31. The first-order chi connectivity index (χ1) is 45.6. The second-order valence-corrected chi connectivity index (χ2v) is 24.8. The van der Waals surface area contributed by atoms with Gasteiger partial charge in [0.05, 0.1) is 16.6 Å². The summed E-state index contributed by atoms with van der Waals surface area (Å²) in [6.45, 7) is 0. The third-order valence-corrected chi connectivity index (χ3v) is 19.8. The van der Waals surface area contributed by atoms with E-state index in [1.807, 2.05) is 0 Å². The second kappa shape index (κ2) is 21.5. The number of aromatic nitrogens is 1. The van der Waals surface area contributed by atoms with Gasteiger partial charge in [0.1, 0.15) is 0 Å². The lowest BCUT2D eigenvalue weighted by atomic mass is 9.86. The normalized spacial score (nSPS) is 16.2. The van der Waals surface area contributed by atoms with Crippen molar-refractivity contribution in [3.63, 3.8) is 0 Å². The number of allylic oxidation sites excluding steroid dienone is 2. The van der Waals surface area contributed by atoms with Crippen LogP contribution in [-0.4, -0.2) is 10.1 Å². The maximum atomic E-state index is 2.62. The van der Waals surface area contributed by atoms with Crippen LogP contribution >= 0.6 is 0 Å². The zero-order valence-electron chi connectivity index (χ0n) is 50.7. The largest absolute Gasteiger partial charge is 0.330 e. The van der Waals surface area contributed by atoms with Gasteiger partial charge in [0.15, 0.2) is 0 Å². The predicted molar refractivity (Wildman–Crippen MR) is 387 cm³/mol. The molecule has 1 aliphatic heterocycles. The molecule has 1 saturated carbocycles. The van der Waals surface area contributed by atoms with Gasteiger partial charge in [-0.15, -0.1) is 0 Å². The van der Waals surface area contributed by atoms with Crippen LogP contribution in [0.2, 0.25) is 0 Å². The van der Waals surface area contributed by atoms with E-state index in [9.17, 15) is 0 Å². The minimum Gasteiger partial charge on any atom is -0.330 e. The molecule has 3 aliphatic rings. The van der Waals surface area contributed by atoms with Crippen molar-refractivity contribution in [2.24, 2.45) is 0 Å². The molecule has 1 aromatic heterocycles. The van der Waals surface area contributed by atoms with Gasteiger partial charge in [-0.05, 0) is 200 Å². The zero-order valence-corrected chi connectivity index (χ0v) is 50.7. The number of anilines is 8. The van der Waals surface area contributed by atoms with Crippen molar-refractivity contribution in [3.05, 3.63) is 357 Å². The molecule has 0 saturated heterocycles. The molecular weight excluding hydrogens is 1110 g/mol. The maximum Gasteiger partial charge on any atom is 0.0779 e. The topological polar surface area (TPSA) is 14.7 Å². The molecule has 2 heterocycles. The average molecular weight is 1180 g/mol. The van der Waals surface area contributed by atoms with Gasteiger partial charge in [0.2, 0.25) is 0 Å². The minimum absolute atomic E-state index is 0.118. The fourth-order valence-corrected chi connectivity index (χ4v) is 15.6. The molecule has 2 unspecified atom stereocenters. The van der Waals surface area contributed by atoms with Crippen LogP contribution < -0.4 is 14.7 Å². The summed E-state index contributed by atoms with van der Waals surface area (Å²) >= 11 is 0. The van der Waals surface area contributed by atoms with E-state index in [2.05, 4.69) is 371 Å². The zero-order chi connectivity index (χ0) is 60.7. The van der Waals surface area contributed by atoms with E-state index in [1.54, 1.807) is 0 Å². The smallest absolute Gasteiger partial charge is 0.0779 e. The number of nitrogens with zero attached hydrogens (tertiary/aromatic N) is 4. The van der Waals surface area contributed by atoms with Gasteiger partial charge >= 0.3 is 0 Å². The van der Waals surface area contributed by atoms with E-state index in [0.717, 1.165) is 52.7 Å². The molecule has 4 nitrogen and oxygen atoms in total. The van der Waals surface area contributed by atoms with Crippen LogP contribution in [0.1, 0.15) is 18.4 Å². The summed E-state index contributed by atoms with van der Waals surface area (Å²) < 4.78 is 2.40. The monoisotopic (exact) mass is 1170 g/mol. The van der Waals surface area contributed by atoms with Gasteiger partial charge < -0.3 is 19.3 Å². The molecule has 0 spiro atoms. The summed E-state index contributed by atoms with van der Waals surface area (Å²) in [5.74, 6) is 0. The highest BCUT2D eigenvalue weighted by Crippen LogP contribution is 2.73. The molecule has 434 valence electrons. The van der Waals surface area contributed by atoms with E-state index in [4.69, 9.17) is 0 Å². The van der Waals surface area contributed by atoms with E-state index in [0.29, 0.717) is 0 Å². The third-order valence-electron chi connectivity index (χ3n) is 19.8. The molecule has 4 heteroatoms. The highest BCUT2D eigenvalue weighted by Gasteiger charge is 2.74. The van der Waals surface area contributed by atoms with E-state index >= 15 is 0 Å². The number of hydrogen-bond donors (Lipinski definition) is 0. The number of benzene rings is 14. The molecule has 14 aromatic carbocycles. The van der Waals surface area contributed by atoms with Crippen LogP contribution in [0.3, 0.4) is 0 Å². The van der Waals surface area contributed by atoms with Crippen molar-refractivity contribution in [2.75, 3.05) is 14.7 Å². The number of hydrogen-bond acceptors (Lipinski definition) is 3. The molecular formula is C88H62N4. The van der Waals surface area contributed by atoms with Gasteiger partial charge in [0.25, 0.3) is 0 Å². The standard InChI is InChI=1S/C88H62N4/c1-6-22-61(23-7-1)63-36-44-71(45-37-63)91-82-35-19-18-30-75(82)80-58-73(52-54-83(80)91)89(67-26-10-3-11-27-67)69-46-40-65(41-47-69)85-76-31-14-16-33-78(76)86(79-34-17-15-32-77(79)85)66-42-48-70(49-43-66)90(68-28-12-4-13-29-68)74-53-55-84-81(59-74)87-56-20-5-21-57-88(87,60-87)92(84)72-50-38-64(39-51-72)62-24-8-2-9-25-62/h1-4,6-59H,5,60H2. The molecule has 0 bridgehead atoms. The summed E-state index contributed by atoms with van der Waals surface area (Å²) in [5.41, 5.74) is 23.4. The van der Waals surface area contributed by atoms with Crippen molar-refractivity contribution in [1.82, 2.24) is 4.57 Å². The number of rotatable bonds is 12. The summed E-state index contributed by atoms with van der Waals surface area (Å²) in [5, 5.41) is 7.31. The van der Waals surface area contributed by atoms with Gasteiger partial charge in [0, 0.05) is 67.4 Å². The predicted octanol–water partition coefficient (Wildman–Crippen LogP) is 23.7. The Labute approximate surface area is 536 Å². The maximum absolute atomic E-state index is 2.62. The Morgan fingerprint density at radius 2 is 0.674 bits per heavy atom. The fraction of sp³-hybridized carbons (Fsp3) is 0.0455. The fourth-order valence-electron chi connectivity index (χ4n) is 15.6. The summed E-state index contributed by atoms with van der Waals surface area (Å²) in [4.78, 5) is 7.45. The highest BCUT2D eigenvalue weighted by molar-refractivity contribution is 6.21. The van der Waals surface area contributed by atoms with Crippen LogP contribution in [0.15, 0.2) is 352 Å². The van der Waals surface area contributed by atoms with Crippen molar-refractivity contribution < 1.29 is 0 Å². The molecule has 2 aliphatic carbocycles. The average Bonchev–Trinajstić information content (AvgIpc) is 1.47. The molecule has 1 fully saturated rings. The Hall–Kier alpha value is -11.7. The van der Waals surface area contributed by atoms with E-state index in [-0.39, 0.29) is 11.0 Å². The van der Waals surface area contributed by atoms with Crippen molar-refractivity contribution >= 4 is 88.8 Å². The Bertz CT molecular complexity index is 5310. The minimum atomic E-state index is -0.150. The van der Waals surface area contributed by atoms with Crippen LogP contribution in [0.4, 0.5) is 45.5 Å². The molecule has 0 amide bonds. The quantitative estimate of drug-likeness (QED) is 0.0895. The van der Waals surface area contributed by atoms with Crippen LogP contribution in [-0.2, 0) is 5.41 Å². The number of fused-ring (bicyclic) bond motifs is 6. The summed E-state index contributed by atoms with van der Waals surface area (Å²) in [7, 11) is 0. The van der Waals surface area contributed by atoms with Gasteiger partial charge in [-0.2, -0.15) is 0 Å². The van der Waals surface area contributed by atoms with Crippen molar-refractivity contribution in [3.8, 4) is 50.2 Å². The molecule has 0 N–H and O–H groups in total. The first kappa shape index (κ1) is 53.3. The third kappa shape index (κ3) is 8.52. The molecule has 18 rings (SSSR count). The van der Waals surface area contributed by atoms with Crippen molar-refractivity contribution in [1.29, 1.82) is 0 Å². The first-order valence-corrected chi connectivity index (χ1v) is 32.1. The second-order valence-electron chi connectivity index (χ2n) is 24.8. The van der Waals surface area contributed by atoms with Gasteiger partial charge in [-0.3, -0.25) is 0 Å². The van der Waals surface area contributed by atoms with Gasteiger partial charge in [-0.25, -0.2) is 0 Å². The Morgan fingerprint density at radius 3 is 1.21 bits per heavy atom. The number of para-hydroxylation sites is 3. The lowest BCUT2D eigenvalue weighted by molar-refractivity contribution is 0.750. The molecule has 15 aromatic rings. The lowest BCUT2D eigenvalue weighted by Crippen LogP contribution is -2.32. The van der Waals surface area contributed by atoms with Crippen LogP contribution in [0.25, 0.3) is 93.5 Å². The molecule has 2 atom stereocenters. The Morgan fingerprint density at radius 1 is 0.283 bits per heavy atom. The highest BCUT2D eigenvalue weighted by atomic mass is 15.3. The van der Waals surface area contributed by atoms with Gasteiger partial charge in [-0.1, -0.05) is 237 Å². The molecule has 0 radical (unpaired) electrons. The SMILES string of the molecule is C1=CC23CC2(C=CC1)N(c1ccc(-c2ccccc2)cc1)c1ccc(N(c2ccccc2)c2ccc(-c4c5ccccc5c(-c5ccc(N(c6ccccc6)c6ccc7c(c6)c6ccccc6n7-c6ccc(-c7ccccc7)cc6)cc5)c5ccccc45)cc2)cc13. The van der Waals surface area contributed by atoms with Crippen molar-refractivity contribution in [2.45, 2.75) is 23.8 Å². The Balaban J connectivity index is 0.699. The summed E-state index contributed by atoms with van der Waals surface area (Å²) in [6, 6.07) is 121. The first-order valence-electron chi connectivity index (χ1n) is 32.1. The Kier molecular flexibility index (Phi) is 12.5. The van der Waals surface area contributed by atoms with Crippen LogP contribution in [0, 0.1) is 0 Å². The molecule has 92 heavy (non-hydrogen) atoms. The van der Waals surface area contributed by atoms with E-state index in [1.165, 1.54) is 105 Å².